The molecule has 0 radical (unpaired) electrons. The first-order valence-corrected chi connectivity index (χ1v) is 3.43. The van der Waals surface area contributed by atoms with E-state index in [4.69, 9.17) is 18.0 Å². The molecule has 0 saturated carbocycles. The van der Waals surface area contributed by atoms with Gasteiger partial charge in [-0.05, 0) is 0 Å². The first-order valence-electron chi connectivity index (χ1n) is 3.02. The summed E-state index contributed by atoms with van der Waals surface area (Å²) in [5.74, 6) is 0.529. The van der Waals surface area contributed by atoms with Crippen LogP contribution in [-0.2, 0) is 0 Å². The van der Waals surface area contributed by atoms with Crippen LogP contribution in [0.15, 0.2) is 15.0 Å². The van der Waals surface area contributed by atoms with Gasteiger partial charge in [0.25, 0.3) is 0 Å². The summed E-state index contributed by atoms with van der Waals surface area (Å²) in [6.07, 6.45) is 0.937. The van der Waals surface area contributed by atoms with Crippen molar-refractivity contribution in [2.45, 2.75) is 6.29 Å². The Morgan fingerprint density at radius 2 is 2.45 bits per heavy atom. The van der Waals surface area contributed by atoms with Gasteiger partial charge in [0.2, 0.25) is 0 Å². The molecule has 2 aliphatic rings. The lowest BCUT2D eigenvalue weighted by molar-refractivity contribution is 0.672. The molecule has 0 spiro atoms. The van der Waals surface area contributed by atoms with Gasteiger partial charge in [0.15, 0.2) is 12.1 Å². The maximum absolute atomic E-state index is 5.47. The fourth-order valence-electron chi connectivity index (χ4n) is 0.882. The van der Waals surface area contributed by atoms with Crippen molar-refractivity contribution >= 4 is 35.1 Å². The van der Waals surface area contributed by atoms with Crippen LogP contribution >= 0.6 is 12.2 Å². The van der Waals surface area contributed by atoms with Crippen LogP contribution in [0.1, 0.15) is 0 Å². The van der Waals surface area contributed by atoms with Crippen molar-refractivity contribution in [3.63, 3.8) is 0 Å². The highest BCUT2D eigenvalue weighted by Crippen LogP contribution is 2.02. The molecule has 0 fully saturated rings. The lowest BCUT2D eigenvalue weighted by atomic mass is 10.3. The number of nitrogens with zero attached hydrogens (tertiary/aromatic N) is 3. The van der Waals surface area contributed by atoms with Crippen LogP contribution in [0.3, 0.4) is 0 Å². The van der Waals surface area contributed by atoms with E-state index in [1.54, 1.807) is 0 Å². The van der Waals surface area contributed by atoms with Crippen LogP contribution in [0.4, 0.5) is 0 Å². The standard InChI is InChI=1S/C5H5N5S/c6-5-9-3-2(4(11)10-5)7-1-8-3/h1,5H,6H2,(H,10,11)/t5-/m1/s1. The average molecular weight is 167 g/mol. The maximum atomic E-state index is 5.47. The van der Waals surface area contributed by atoms with Crippen molar-refractivity contribution in [3.05, 3.63) is 0 Å². The molecule has 0 aliphatic carbocycles. The van der Waals surface area contributed by atoms with Crippen LogP contribution in [0.2, 0.25) is 0 Å². The van der Waals surface area contributed by atoms with E-state index in [2.05, 4.69) is 20.3 Å². The third-order valence-corrected chi connectivity index (χ3v) is 1.65. The topological polar surface area (TPSA) is 75.1 Å². The molecule has 2 heterocycles. The minimum absolute atomic E-state index is 0.480. The molecule has 2 rings (SSSR count). The number of hydrogen-bond donors (Lipinski definition) is 2. The van der Waals surface area contributed by atoms with E-state index in [1.165, 1.54) is 6.34 Å². The Morgan fingerprint density at radius 1 is 1.64 bits per heavy atom. The molecule has 0 aromatic carbocycles. The predicted molar refractivity (Wildman–Crippen MR) is 47.1 cm³/mol. The van der Waals surface area contributed by atoms with Gasteiger partial charge in [-0.2, -0.15) is 0 Å². The quantitative estimate of drug-likeness (QED) is 0.456. The summed E-state index contributed by atoms with van der Waals surface area (Å²) in [5.41, 5.74) is 6.08. The molecule has 5 nitrogen and oxygen atoms in total. The molecule has 11 heavy (non-hydrogen) atoms. The highest BCUT2D eigenvalue weighted by molar-refractivity contribution is 7.82. The van der Waals surface area contributed by atoms with Crippen molar-refractivity contribution in [2.75, 3.05) is 0 Å². The summed E-state index contributed by atoms with van der Waals surface area (Å²) in [6, 6.07) is 0. The SMILES string of the molecule is N[C@@H]1N=C2N=CN=C2C(=S)N1. The molecule has 2 aliphatic heterocycles. The molecule has 0 unspecified atom stereocenters. The Kier molecular flexibility index (Phi) is 1.30. The highest BCUT2D eigenvalue weighted by Gasteiger charge is 2.23. The van der Waals surface area contributed by atoms with Gasteiger partial charge in [-0.25, -0.2) is 15.0 Å². The molecule has 0 aromatic heterocycles. The lowest BCUT2D eigenvalue weighted by Gasteiger charge is -2.17. The van der Waals surface area contributed by atoms with E-state index in [-0.39, 0.29) is 0 Å². The van der Waals surface area contributed by atoms with E-state index >= 15 is 0 Å². The summed E-state index contributed by atoms with van der Waals surface area (Å²) in [6.45, 7) is 0. The Bertz CT molecular complexity index is 302. The molecule has 0 amide bonds. The second-order valence-corrected chi connectivity index (χ2v) is 2.50. The molecule has 56 valence electrons. The number of rotatable bonds is 0. The maximum Gasteiger partial charge on any atom is 0.181 e. The smallest absolute Gasteiger partial charge is 0.181 e. The monoisotopic (exact) mass is 167 g/mol. The van der Waals surface area contributed by atoms with Gasteiger partial charge in [-0.3, -0.25) is 5.73 Å². The summed E-state index contributed by atoms with van der Waals surface area (Å²) >= 11 is 4.94. The van der Waals surface area contributed by atoms with Crippen molar-refractivity contribution in [1.29, 1.82) is 0 Å². The van der Waals surface area contributed by atoms with E-state index < -0.39 is 6.29 Å². The fraction of sp³-hybridized carbons (Fsp3) is 0.200. The van der Waals surface area contributed by atoms with Gasteiger partial charge >= 0.3 is 0 Å². The van der Waals surface area contributed by atoms with Crippen molar-refractivity contribution in [2.24, 2.45) is 20.7 Å². The largest absolute Gasteiger partial charge is 0.341 e. The normalized spacial score (nSPS) is 27.4. The lowest BCUT2D eigenvalue weighted by Crippen LogP contribution is -2.48. The Labute approximate surface area is 68.1 Å². The summed E-state index contributed by atoms with van der Waals surface area (Å²) in [4.78, 5) is 12.3. The third-order valence-electron chi connectivity index (χ3n) is 1.33. The van der Waals surface area contributed by atoms with Gasteiger partial charge in [-0.15, -0.1) is 0 Å². The van der Waals surface area contributed by atoms with E-state index in [0.717, 1.165) is 0 Å². The number of amidine groups is 1. The van der Waals surface area contributed by atoms with Crippen molar-refractivity contribution in [3.8, 4) is 0 Å². The molecule has 1 atom stereocenters. The molecular formula is C5H5N5S. The van der Waals surface area contributed by atoms with Gasteiger partial charge < -0.3 is 5.32 Å². The molecule has 0 aromatic rings. The van der Waals surface area contributed by atoms with Gasteiger partial charge in [0.1, 0.15) is 17.0 Å². The zero-order valence-electron chi connectivity index (χ0n) is 5.48. The Morgan fingerprint density at radius 3 is 3.27 bits per heavy atom. The summed E-state index contributed by atoms with van der Waals surface area (Å²) < 4.78 is 0. The predicted octanol–water partition coefficient (Wildman–Crippen LogP) is -0.959. The molecular weight excluding hydrogens is 162 g/mol. The van der Waals surface area contributed by atoms with E-state index in [1.807, 2.05) is 0 Å². The number of fused-ring (bicyclic) bond motifs is 1. The van der Waals surface area contributed by atoms with Crippen LogP contribution in [0.5, 0.6) is 0 Å². The third kappa shape index (κ3) is 0.958. The summed E-state index contributed by atoms with van der Waals surface area (Å²) in [7, 11) is 0. The average Bonchev–Trinajstić information content (AvgIpc) is 2.34. The van der Waals surface area contributed by atoms with Gasteiger partial charge in [0, 0.05) is 0 Å². The van der Waals surface area contributed by atoms with Gasteiger partial charge in [-0.1, -0.05) is 12.2 Å². The van der Waals surface area contributed by atoms with Crippen LogP contribution in [-0.4, -0.2) is 29.2 Å². The summed E-state index contributed by atoms with van der Waals surface area (Å²) in [5, 5.41) is 2.76. The van der Waals surface area contributed by atoms with E-state index in [0.29, 0.717) is 16.5 Å². The van der Waals surface area contributed by atoms with Crippen LogP contribution < -0.4 is 11.1 Å². The van der Waals surface area contributed by atoms with Crippen LogP contribution in [0.25, 0.3) is 0 Å². The van der Waals surface area contributed by atoms with Crippen LogP contribution in [0, 0.1) is 0 Å². The Balaban J connectivity index is 2.45. The van der Waals surface area contributed by atoms with Gasteiger partial charge in [0.05, 0.1) is 0 Å². The number of aliphatic imine (C=N–C) groups is 3. The van der Waals surface area contributed by atoms with Crippen molar-refractivity contribution < 1.29 is 0 Å². The molecule has 0 saturated heterocycles. The molecule has 6 heteroatoms. The molecule has 0 bridgehead atoms. The fourth-order valence-corrected chi connectivity index (χ4v) is 1.15. The first-order chi connectivity index (χ1) is 5.27. The van der Waals surface area contributed by atoms with E-state index in [9.17, 15) is 0 Å². The first kappa shape index (κ1) is 6.56. The van der Waals surface area contributed by atoms with Crippen molar-refractivity contribution in [1.82, 2.24) is 5.32 Å². The molecule has 3 N–H and O–H groups in total. The number of hydrogen-bond acceptors (Lipinski definition) is 5. The highest BCUT2D eigenvalue weighted by atomic mass is 32.1. The Hall–Kier alpha value is -1.14. The minimum Gasteiger partial charge on any atom is -0.341 e. The second kappa shape index (κ2) is 2.18. The zero-order chi connectivity index (χ0) is 7.84. The zero-order valence-corrected chi connectivity index (χ0v) is 6.30. The number of nitrogens with two attached hydrogens (primary N) is 1. The minimum atomic E-state index is -0.480. The number of thiocarbonyl (C=S) groups is 1. The number of nitrogens with one attached hydrogen (secondary N) is 1. The second-order valence-electron chi connectivity index (χ2n) is 2.09.